The highest BCUT2D eigenvalue weighted by atomic mass is 79.9. The van der Waals surface area contributed by atoms with Crippen molar-refractivity contribution in [2.75, 3.05) is 113 Å². The predicted octanol–water partition coefficient (Wildman–Crippen LogP) is 21.8. The van der Waals surface area contributed by atoms with Gasteiger partial charge in [-0.3, -0.25) is 34.6 Å². The number of hydrogen-bond acceptors (Lipinski definition) is 18. The van der Waals surface area contributed by atoms with Crippen molar-refractivity contribution in [3.63, 3.8) is 0 Å². The Labute approximate surface area is 774 Å². The van der Waals surface area contributed by atoms with Gasteiger partial charge in [-0.1, -0.05) is 190 Å². The Kier molecular flexibility index (Phi) is 37.7. The molecule has 19 nitrogen and oxygen atoms in total. The van der Waals surface area contributed by atoms with Crippen LogP contribution in [0.1, 0.15) is 279 Å². The zero-order valence-corrected chi connectivity index (χ0v) is 84.9. The summed E-state index contributed by atoms with van der Waals surface area (Å²) in [6.07, 6.45) is 33.4. The van der Waals surface area contributed by atoms with E-state index in [1.807, 2.05) is 39.0 Å². The maximum absolute atomic E-state index is 11.8. The largest absolute Gasteiger partial charge is 0.507 e. The molecule has 0 heterocycles. The maximum atomic E-state index is 11.8. The van der Waals surface area contributed by atoms with E-state index < -0.39 is 0 Å². The van der Waals surface area contributed by atoms with Crippen molar-refractivity contribution in [1.82, 2.24) is 49.0 Å². The lowest BCUT2D eigenvalue weighted by molar-refractivity contribution is -0.385. The molecule has 9 saturated carbocycles. The minimum Gasteiger partial charge on any atom is -0.507 e. The number of nitrogens with zero attached hydrogens (tertiary/aromatic N) is 11. The molecule has 9 aliphatic rings. The third-order valence-electron chi connectivity index (χ3n) is 29.9. The number of hydrogen-bond donors (Lipinski definition) is 5. The van der Waals surface area contributed by atoms with E-state index in [-0.39, 0.29) is 49.5 Å². The number of benzene rings is 5. The van der Waals surface area contributed by atoms with Crippen molar-refractivity contribution in [3.05, 3.63) is 141 Å². The van der Waals surface area contributed by atoms with E-state index in [0.717, 1.165) is 77.0 Å². The van der Waals surface area contributed by atoms with Gasteiger partial charge in [0.25, 0.3) is 5.69 Å². The summed E-state index contributed by atoms with van der Waals surface area (Å²) in [7, 11) is 34.1. The van der Waals surface area contributed by atoms with Gasteiger partial charge in [0, 0.05) is 159 Å². The number of nitro groups is 1. The van der Waals surface area contributed by atoms with Gasteiger partial charge in [-0.25, -0.2) is 0 Å². The van der Waals surface area contributed by atoms with Crippen LogP contribution in [0.2, 0.25) is 10.0 Å². The Morgan fingerprint density at radius 1 is 0.400 bits per heavy atom. The number of rotatable bonds is 23. The van der Waals surface area contributed by atoms with E-state index in [2.05, 4.69) is 230 Å². The van der Waals surface area contributed by atoms with Crippen molar-refractivity contribution in [1.29, 1.82) is 0 Å². The number of phenolic OH excluding ortho intramolecular Hbond substituents is 5. The molecule has 0 amide bonds. The zero-order valence-electron chi connectivity index (χ0n) is 81.8. The summed E-state index contributed by atoms with van der Waals surface area (Å²) < 4.78 is 6.24. The van der Waals surface area contributed by atoms with Gasteiger partial charge in [0.05, 0.1) is 17.1 Å². The number of aromatic hydroxyl groups is 5. The number of halogens is 3. The van der Waals surface area contributed by atoms with Gasteiger partial charge in [0.2, 0.25) is 0 Å². The molecule has 5 aromatic carbocycles. The molecule has 22 heteroatoms. The fourth-order valence-electron chi connectivity index (χ4n) is 23.5. The normalized spacial score (nSPS) is 26.0. The van der Waals surface area contributed by atoms with Crippen LogP contribution in [0.25, 0.3) is 0 Å². The van der Waals surface area contributed by atoms with Crippen molar-refractivity contribution in [2.24, 2.45) is 17.8 Å². The predicted molar refractivity (Wildman–Crippen MR) is 523 cm³/mol. The van der Waals surface area contributed by atoms with Crippen LogP contribution in [0.15, 0.2) is 71.2 Å². The number of para-hydroxylation sites is 1. The molecule has 14 rings (SSSR count). The Morgan fingerprint density at radius 2 is 0.720 bits per heavy atom. The number of nitro benzene ring substituents is 1. The summed E-state index contributed by atoms with van der Waals surface area (Å²) >= 11 is 15.7. The molecule has 4 bridgehead atoms. The maximum Gasteiger partial charge on any atom is 0.270 e. The molecular formula is C103H166BrCl2N11O8. The van der Waals surface area contributed by atoms with Gasteiger partial charge in [0.1, 0.15) is 23.0 Å². The SMILES string of the molecule is CN(C)[C@@H]1CCCC[C@H]1N(C)Cc1cc(Br)cc(C(C)(C)C)c1O.CN(C)[C@@H]1CCCC[C@H]1N(C)Cc1cc(C(C)(C)C)cc(C23CC4CC(CC(C4)C2)C3)c1O.CN(C)[C@@H]1CCCC[C@H]1N(C)Cc1cc(Cl)cc(Cl)c1O.CN(C)[C@@H]1CCCC[C@H]1N(C)Cc1cc([N+](=O)[O-])cc(C(C)(C)C)c1O.COc1cccc(CN(C)[C@@H]2CCCC[C@H]2N(C)C)c1O. The average molecular weight is 1840 g/mol. The van der Waals surface area contributed by atoms with Crippen LogP contribution in [0.5, 0.6) is 34.5 Å². The van der Waals surface area contributed by atoms with E-state index in [0.29, 0.717) is 112 Å². The Bertz CT molecular complexity index is 4240. The first-order valence-electron chi connectivity index (χ1n) is 47.4. The molecular weight excluding hydrogens is 1670 g/mol. The number of ether oxygens (including phenoxy) is 1. The summed E-state index contributed by atoms with van der Waals surface area (Å²) in [5, 5.41) is 66.1. The smallest absolute Gasteiger partial charge is 0.270 e. The molecule has 0 saturated heterocycles. The molecule has 0 unspecified atom stereocenters. The summed E-state index contributed by atoms with van der Waals surface area (Å²) in [5.41, 5.74) is 8.82. The van der Waals surface area contributed by atoms with E-state index in [4.69, 9.17) is 27.9 Å². The van der Waals surface area contributed by atoms with Crippen LogP contribution in [-0.2, 0) is 54.4 Å². The second kappa shape index (κ2) is 45.4. The Balaban J connectivity index is 0.000000179. The van der Waals surface area contributed by atoms with Gasteiger partial charge in [-0.15, -0.1) is 0 Å². The van der Waals surface area contributed by atoms with Crippen LogP contribution in [0, 0.1) is 27.9 Å². The fourth-order valence-corrected chi connectivity index (χ4v) is 24.5. The summed E-state index contributed by atoms with van der Waals surface area (Å²) in [6, 6.07) is 26.3. The van der Waals surface area contributed by atoms with Crippen LogP contribution in [0.4, 0.5) is 5.69 Å². The molecule has 5 aromatic rings. The minimum absolute atomic E-state index is 0.0453. The number of likely N-dealkylation sites (N-methyl/N-ethyl adjacent to an activating group) is 10. The molecule has 0 aliphatic heterocycles. The van der Waals surface area contributed by atoms with Crippen LogP contribution in [-0.4, -0.2) is 253 Å². The van der Waals surface area contributed by atoms with E-state index in [1.54, 1.807) is 25.3 Å². The summed E-state index contributed by atoms with van der Waals surface area (Å²) in [6.45, 7) is 22.9. The summed E-state index contributed by atoms with van der Waals surface area (Å²) in [5.74, 6) is 4.91. The average Bonchev–Trinajstić information content (AvgIpc) is 0.720. The van der Waals surface area contributed by atoms with Gasteiger partial charge in [-0.05, 0) is 284 Å². The second-order valence-corrected chi connectivity index (χ2v) is 45.3. The molecule has 0 spiro atoms. The minimum atomic E-state index is -0.374. The van der Waals surface area contributed by atoms with Crippen LogP contribution >= 0.6 is 39.1 Å². The van der Waals surface area contributed by atoms with Crippen molar-refractivity contribution in [3.8, 4) is 34.5 Å². The van der Waals surface area contributed by atoms with Gasteiger partial charge >= 0.3 is 0 Å². The highest BCUT2D eigenvalue weighted by Crippen LogP contribution is 2.63. The quantitative estimate of drug-likeness (QED) is 0.0307. The van der Waals surface area contributed by atoms with Crippen molar-refractivity contribution >= 4 is 44.8 Å². The lowest BCUT2D eigenvalue weighted by Crippen LogP contribution is -2.49. The molecule has 0 radical (unpaired) electrons. The molecule has 0 aromatic heterocycles. The summed E-state index contributed by atoms with van der Waals surface area (Å²) in [4.78, 5) is 34.6. The van der Waals surface area contributed by atoms with E-state index in [1.165, 1.54) is 183 Å². The molecule has 9 aliphatic carbocycles. The first kappa shape index (κ1) is 104. The molecule has 125 heavy (non-hydrogen) atoms. The van der Waals surface area contributed by atoms with Crippen molar-refractivity contribution in [2.45, 2.75) is 344 Å². The number of methoxy groups -OCH3 is 1. The fraction of sp³-hybridized carbons (Fsp3) is 0.709. The molecule has 9 fully saturated rings. The molecule has 5 N–H and O–H groups in total. The standard InChI is InChI=1S/C30H48N2O.C20H33BrN2O.C20H33N3O3.C17H28N2O2.C16H24Cl2N2O/c1-29(2,3)24-14-23(19-32(6)27-10-8-7-9-26(27)31(4)5)28(33)25(15-24)30-16-20-11-21(17-30)13-22(12-20)18-30;1-20(2,3)16-12-15(21)11-14(19(16)24)13-23(6)18-10-8-7-9-17(18)22(4)5;1-20(2,3)16-12-15(23(25)26)11-14(19(16)24)13-22(6)18-10-8-7-9-17(18)21(4)5;1-18(2)14-9-5-6-10-15(14)19(3)12-13-8-7-11-16(21-4)17(13)20;1-19(2)14-6-4-5-7-15(14)20(3)10-11-8-12(17)9-13(18)16(11)21/h14-15,20-22,26-27,33H,7-13,16-19H2,1-6H3;11-12,17-18,24H,7-10,13H2,1-6H3;11-12,17-18,24H,7-10,13H2,1-6H3;7-8,11,14-15,20H,5-6,9-10,12H2,1-4H3;8-9,14-15,21H,4-7,10H2,1-3H3/t20?,21?,22?,26-,27-,30?;2*17-,18-;2*14-,15-/m11111/s1. The van der Waals surface area contributed by atoms with Crippen molar-refractivity contribution < 1.29 is 35.2 Å². The van der Waals surface area contributed by atoms with Gasteiger partial charge in [-0.2, -0.15) is 0 Å². The monoisotopic (exact) mass is 1830 g/mol. The van der Waals surface area contributed by atoms with Gasteiger partial charge in [0.15, 0.2) is 11.5 Å². The van der Waals surface area contributed by atoms with E-state index >= 15 is 0 Å². The number of non-ortho nitro benzene ring substituents is 1. The third kappa shape index (κ3) is 27.1. The van der Waals surface area contributed by atoms with Crippen LogP contribution in [0.3, 0.4) is 0 Å². The van der Waals surface area contributed by atoms with E-state index in [9.17, 15) is 35.6 Å². The lowest BCUT2D eigenvalue weighted by atomic mass is 9.47. The Morgan fingerprint density at radius 3 is 1.05 bits per heavy atom. The third-order valence-corrected chi connectivity index (χ3v) is 30.9. The first-order valence-corrected chi connectivity index (χ1v) is 48.9. The first-order chi connectivity index (χ1) is 58.6. The highest BCUT2D eigenvalue weighted by Gasteiger charge is 2.53. The molecule has 702 valence electrons. The topological polar surface area (TPSA) is 186 Å². The van der Waals surface area contributed by atoms with Crippen LogP contribution < -0.4 is 4.74 Å². The Hall–Kier alpha value is -5.04. The molecule has 10 atom stereocenters. The second-order valence-electron chi connectivity index (χ2n) is 43.6. The number of phenols is 5. The highest BCUT2D eigenvalue weighted by molar-refractivity contribution is 9.10. The lowest BCUT2D eigenvalue weighted by Gasteiger charge is -2.57. The van der Waals surface area contributed by atoms with Gasteiger partial charge < -0.3 is 54.8 Å². The zero-order chi connectivity index (χ0) is 92.2.